The van der Waals surface area contributed by atoms with E-state index in [4.69, 9.17) is 4.42 Å². The van der Waals surface area contributed by atoms with Crippen molar-refractivity contribution in [2.75, 3.05) is 4.72 Å². The Hall–Kier alpha value is -2.64. The Balaban J connectivity index is 1.91. The molecule has 0 amide bonds. The number of nitrogens with one attached hydrogen (secondary N) is 1. The zero-order valence-corrected chi connectivity index (χ0v) is 17.1. The fraction of sp³-hybridized carbons (Fsp3) is 0.190. The molecule has 0 aliphatic carbocycles. The molecule has 3 aromatic carbocycles. The van der Waals surface area contributed by atoms with Crippen LogP contribution in [-0.2, 0) is 22.9 Å². The molecule has 5 nitrogen and oxygen atoms in total. The summed E-state index contributed by atoms with van der Waals surface area (Å²) in [6.07, 6.45) is 1.37. The Kier molecular flexibility index (Phi) is 4.72. The summed E-state index contributed by atoms with van der Waals surface area (Å²) in [5, 5.41) is 1.39. The number of benzene rings is 3. The van der Waals surface area contributed by atoms with Crippen molar-refractivity contribution < 1.29 is 12.8 Å². The molecule has 0 unspecified atom stereocenters. The summed E-state index contributed by atoms with van der Waals surface area (Å²) in [7, 11) is -3.80. The van der Waals surface area contributed by atoms with Gasteiger partial charge in [-0.1, -0.05) is 61.6 Å². The van der Waals surface area contributed by atoms with Crippen LogP contribution >= 0.6 is 11.3 Å². The van der Waals surface area contributed by atoms with Crippen LogP contribution < -0.4 is 9.66 Å². The van der Waals surface area contributed by atoms with Gasteiger partial charge in [-0.2, -0.15) is 0 Å². The van der Waals surface area contributed by atoms with Gasteiger partial charge in [0.1, 0.15) is 0 Å². The van der Waals surface area contributed by atoms with Crippen molar-refractivity contribution in [3.8, 4) is 0 Å². The Morgan fingerprint density at radius 2 is 1.75 bits per heavy atom. The number of hydrogen-bond donors (Lipinski definition) is 1. The molecule has 0 aliphatic heterocycles. The zero-order chi connectivity index (χ0) is 19.9. The van der Waals surface area contributed by atoms with Crippen molar-refractivity contribution in [1.82, 2.24) is 0 Å². The molecule has 0 bridgehead atoms. The van der Waals surface area contributed by atoms with Crippen molar-refractivity contribution >= 4 is 48.1 Å². The smallest absolute Gasteiger partial charge is 0.396 e. The fourth-order valence-electron chi connectivity index (χ4n) is 3.34. The SMILES string of the molecule is CCc1ccc(CC)c(S(=O)(=O)Nc2cc3sc(=O)oc3c3ccccc23)c1. The average molecular weight is 414 g/mol. The van der Waals surface area contributed by atoms with Gasteiger partial charge in [0, 0.05) is 10.8 Å². The number of fused-ring (bicyclic) bond motifs is 3. The van der Waals surface area contributed by atoms with Crippen LogP contribution in [0.3, 0.4) is 0 Å². The van der Waals surface area contributed by atoms with Gasteiger partial charge >= 0.3 is 4.94 Å². The van der Waals surface area contributed by atoms with Gasteiger partial charge in [-0.05, 0) is 36.1 Å². The summed E-state index contributed by atoms with van der Waals surface area (Å²) in [5.74, 6) is 0. The molecular weight excluding hydrogens is 394 g/mol. The van der Waals surface area contributed by atoms with Crippen molar-refractivity contribution in [2.24, 2.45) is 0 Å². The maximum Gasteiger partial charge on any atom is 0.396 e. The summed E-state index contributed by atoms with van der Waals surface area (Å²) in [5.41, 5.74) is 2.65. The van der Waals surface area contributed by atoms with Crippen molar-refractivity contribution in [3.05, 3.63) is 69.4 Å². The molecule has 1 heterocycles. The van der Waals surface area contributed by atoms with E-state index in [9.17, 15) is 13.2 Å². The van der Waals surface area contributed by atoms with E-state index in [0.29, 0.717) is 38.1 Å². The minimum Gasteiger partial charge on any atom is -0.413 e. The highest BCUT2D eigenvalue weighted by Crippen LogP contribution is 2.34. The van der Waals surface area contributed by atoms with Gasteiger partial charge in [-0.3, -0.25) is 4.72 Å². The van der Waals surface area contributed by atoms with E-state index in [-0.39, 0.29) is 0 Å². The van der Waals surface area contributed by atoms with Gasteiger partial charge < -0.3 is 4.42 Å². The van der Waals surface area contributed by atoms with E-state index in [1.807, 2.05) is 50.2 Å². The molecule has 0 saturated carbocycles. The van der Waals surface area contributed by atoms with Gasteiger partial charge in [0.05, 0.1) is 15.3 Å². The maximum absolute atomic E-state index is 13.2. The lowest BCUT2D eigenvalue weighted by atomic mass is 10.1. The molecule has 0 spiro atoms. The van der Waals surface area contributed by atoms with Crippen molar-refractivity contribution in [1.29, 1.82) is 0 Å². The fourth-order valence-corrected chi connectivity index (χ4v) is 5.50. The maximum atomic E-state index is 13.2. The number of hydrogen-bond acceptors (Lipinski definition) is 5. The first kappa shape index (κ1) is 18.7. The van der Waals surface area contributed by atoms with Gasteiger partial charge in [-0.15, -0.1) is 0 Å². The molecule has 7 heteroatoms. The molecule has 0 fully saturated rings. The first-order chi connectivity index (χ1) is 13.4. The van der Waals surface area contributed by atoms with Crippen LogP contribution in [0, 0.1) is 0 Å². The molecular formula is C21H19NO4S2. The predicted molar refractivity (Wildman–Crippen MR) is 114 cm³/mol. The highest BCUT2D eigenvalue weighted by molar-refractivity contribution is 7.92. The molecule has 0 aliphatic rings. The standard InChI is InChI=1S/C21H19NO4S2/c1-3-13-9-10-14(4-2)19(11-13)28(24,25)22-17-12-18-20(26-21(23)27-18)16-8-6-5-7-15(16)17/h5-12,22H,3-4H2,1-2H3. The Bertz CT molecular complexity index is 1350. The number of anilines is 1. The van der Waals surface area contributed by atoms with Crippen LogP contribution in [-0.4, -0.2) is 8.42 Å². The number of aryl methyl sites for hydroxylation is 2. The number of rotatable bonds is 5. The molecule has 0 saturated heterocycles. The minimum absolute atomic E-state index is 0.291. The molecule has 4 rings (SSSR count). The second kappa shape index (κ2) is 7.07. The molecule has 144 valence electrons. The highest BCUT2D eigenvalue weighted by Gasteiger charge is 2.21. The topological polar surface area (TPSA) is 76.4 Å². The molecule has 1 aromatic heterocycles. The summed E-state index contributed by atoms with van der Waals surface area (Å²) in [6.45, 7) is 3.93. The van der Waals surface area contributed by atoms with Crippen LogP contribution in [0.2, 0.25) is 0 Å². The first-order valence-corrected chi connectivity index (χ1v) is 11.3. The van der Waals surface area contributed by atoms with Crippen LogP contribution in [0.15, 0.2) is 62.6 Å². The summed E-state index contributed by atoms with van der Waals surface area (Å²) < 4.78 is 35.1. The lowest BCUT2D eigenvalue weighted by molar-refractivity contribution is 0.588. The second-order valence-corrected chi connectivity index (χ2v) is 9.13. The second-order valence-electron chi connectivity index (χ2n) is 6.51. The Morgan fingerprint density at radius 1 is 1.00 bits per heavy atom. The van der Waals surface area contributed by atoms with Gasteiger partial charge in [0.25, 0.3) is 10.0 Å². The lowest BCUT2D eigenvalue weighted by Gasteiger charge is -2.14. The summed E-state index contributed by atoms with van der Waals surface area (Å²) in [4.78, 5) is 11.6. The quantitative estimate of drug-likeness (QED) is 0.503. The summed E-state index contributed by atoms with van der Waals surface area (Å²) in [6, 6.07) is 14.5. The Morgan fingerprint density at radius 3 is 2.46 bits per heavy atom. The van der Waals surface area contributed by atoms with Crippen LogP contribution in [0.5, 0.6) is 0 Å². The molecule has 1 N–H and O–H groups in total. The summed E-state index contributed by atoms with van der Waals surface area (Å²) >= 11 is 0.960. The van der Waals surface area contributed by atoms with E-state index < -0.39 is 15.0 Å². The van der Waals surface area contributed by atoms with E-state index >= 15 is 0 Å². The van der Waals surface area contributed by atoms with Crippen molar-refractivity contribution in [2.45, 2.75) is 31.6 Å². The van der Waals surface area contributed by atoms with Crippen molar-refractivity contribution in [3.63, 3.8) is 0 Å². The van der Waals surface area contributed by atoms with Gasteiger partial charge in [0.15, 0.2) is 5.58 Å². The Labute approximate surface area is 166 Å². The third-order valence-corrected chi connectivity index (χ3v) is 7.02. The van der Waals surface area contributed by atoms with Crippen LogP contribution in [0.4, 0.5) is 5.69 Å². The highest BCUT2D eigenvalue weighted by atomic mass is 32.2. The molecule has 0 atom stereocenters. The third kappa shape index (κ3) is 3.21. The number of sulfonamides is 1. The van der Waals surface area contributed by atoms with E-state index in [2.05, 4.69) is 4.72 Å². The van der Waals surface area contributed by atoms with E-state index in [1.54, 1.807) is 12.1 Å². The van der Waals surface area contributed by atoms with Crippen LogP contribution in [0.25, 0.3) is 21.1 Å². The minimum atomic E-state index is -3.80. The monoisotopic (exact) mass is 413 g/mol. The van der Waals surface area contributed by atoms with E-state index in [1.165, 1.54) is 0 Å². The van der Waals surface area contributed by atoms with Gasteiger partial charge in [0.2, 0.25) is 0 Å². The lowest BCUT2D eigenvalue weighted by Crippen LogP contribution is -2.15. The molecule has 0 radical (unpaired) electrons. The zero-order valence-electron chi connectivity index (χ0n) is 15.5. The predicted octanol–water partition coefficient (Wildman–Crippen LogP) is 4.93. The van der Waals surface area contributed by atoms with E-state index in [0.717, 1.165) is 28.9 Å². The molecule has 28 heavy (non-hydrogen) atoms. The average Bonchev–Trinajstić information content (AvgIpc) is 3.07. The van der Waals surface area contributed by atoms with Crippen LogP contribution in [0.1, 0.15) is 25.0 Å². The molecule has 4 aromatic rings. The normalized spacial score (nSPS) is 11.9. The van der Waals surface area contributed by atoms with Gasteiger partial charge in [-0.25, -0.2) is 13.2 Å². The largest absolute Gasteiger partial charge is 0.413 e. The first-order valence-electron chi connectivity index (χ1n) is 9.03. The third-order valence-electron chi connectivity index (χ3n) is 4.79.